The van der Waals surface area contributed by atoms with Gasteiger partial charge in [0.25, 0.3) is 0 Å². The highest BCUT2D eigenvalue weighted by molar-refractivity contribution is 6.48. The molecule has 3 saturated carbocycles. The van der Waals surface area contributed by atoms with Crippen LogP contribution in [-0.2, 0) is 49.3 Å². The highest BCUT2D eigenvalue weighted by atomic mass is 16.7. The molecule has 5 amide bonds. The fraction of sp³-hybridized carbons (Fsp3) is 0.705. The topological polar surface area (TPSA) is 256 Å². The molecule has 5 aliphatic rings. The van der Waals surface area contributed by atoms with Crippen LogP contribution in [0.25, 0.3) is 0 Å². The summed E-state index contributed by atoms with van der Waals surface area (Å²) in [6, 6.07) is 2.14. The minimum absolute atomic E-state index is 0.0847. The Hall–Kier alpha value is -4.55. The van der Waals surface area contributed by atoms with E-state index in [9.17, 15) is 38.7 Å². The summed E-state index contributed by atoms with van der Waals surface area (Å²) in [4.78, 5) is 92.8. The Labute approximate surface area is 364 Å². The molecule has 2 saturated heterocycles. The van der Waals surface area contributed by atoms with Crippen molar-refractivity contribution in [3.63, 3.8) is 0 Å². The summed E-state index contributed by atoms with van der Waals surface area (Å²) in [5, 5.41) is 29.3. The van der Waals surface area contributed by atoms with Crippen LogP contribution in [0.15, 0.2) is 24.3 Å². The summed E-state index contributed by atoms with van der Waals surface area (Å²) in [7, 11) is -0.677. The minimum atomic E-state index is -1.51. The van der Waals surface area contributed by atoms with Gasteiger partial charge in [0, 0.05) is 13.0 Å². The van der Waals surface area contributed by atoms with Gasteiger partial charge < -0.3 is 51.4 Å². The van der Waals surface area contributed by atoms with Crippen molar-refractivity contribution >= 4 is 48.6 Å². The number of carbonyl (C=O) groups is 7. The van der Waals surface area contributed by atoms with Gasteiger partial charge in [0.2, 0.25) is 29.5 Å². The lowest BCUT2D eigenvalue weighted by atomic mass is 9.43. The maximum atomic E-state index is 14.4. The van der Waals surface area contributed by atoms with Crippen molar-refractivity contribution in [2.75, 3.05) is 6.54 Å². The summed E-state index contributed by atoms with van der Waals surface area (Å²) >= 11 is 0. The molecule has 0 radical (unpaired) electrons. The lowest BCUT2D eigenvalue weighted by Gasteiger charge is -2.64. The smallest absolute Gasteiger partial charge is 0.481 e. The first-order chi connectivity index (χ1) is 29.0. The molecule has 2 bridgehead atoms. The summed E-state index contributed by atoms with van der Waals surface area (Å²) in [6.45, 7) is 15.9. The van der Waals surface area contributed by atoms with Crippen molar-refractivity contribution in [3.8, 4) is 0 Å². The van der Waals surface area contributed by atoms with Gasteiger partial charge in [-0.1, -0.05) is 71.4 Å². The molecule has 1 aromatic rings. The van der Waals surface area contributed by atoms with Crippen molar-refractivity contribution in [2.45, 2.75) is 161 Å². The lowest BCUT2D eigenvalue weighted by Crippen LogP contribution is -2.65. The van der Waals surface area contributed by atoms with Gasteiger partial charge in [0.05, 0.1) is 30.1 Å². The van der Waals surface area contributed by atoms with E-state index < -0.39 is 109 Å². The molecule has 8 N–H and O–H groups in total. The average molecular weight is 867 g/mol. The molecule has 2 aliphatic heterocycles. The summed E-state index contributed by atoms with van der Waals surface area (Å²) in [5.74, 6) is -6.52. The number of nitrogens with two attached hydrogens (primary N) is 1. The Kier molecular flexibility index (Phi) is 15.5. The molecule has 0 unspecified atom stereocenters. The van der Waals surface area contributed by atoms with Crippen LogP contribution >= 0.6 is 0 Å². The second-order valence-electron chi connectivity index (χ2n) is 19.3. The van der Waals surface area contributed by atoms with Crippen molar-refractivity contribution in [1.29, 1.82) is 0 Å². The molecule has 342 valence electrons. The number of carboxylic acids is 2. The quantitative estimate of drug-likeness (QED) is 0.0931. The number of hydrogen-bond acceptors (Lipinski definition) is 10. The summed E-state index contributed by atoms with van der Waals surface area (Å²) < 4.78 is 13.5. The largest absolute Gasteiger partial charge is 0.481 e. The van der Waals surface area contributed by atoms with Crippen molar-refractivity contribution in [1.82, 2.24) is 26.2 Å². The maximum Gasteiger partial charge on any atom is 0.481 e. The SMILES string of the molecule is Cc1cccc(CC[C@H](NC(=O)[C@H]2CCCN2C(=O)[C@@H](NC(=O)[C@@H](NC(=O)[C@H](CCC(=O)O)NC(=O)[C@@H](N)CC(=O)O)C(C)C)C(C)C)B2O[C@@H]3C[C@@H]4C[C@@H](C4(C)C)[C@]3(C)O2)c1. The standard InChI is InChI=1S/C44H67BN6O11/c1-23(2)36(49-39(57)29(15-17-34(52)53)47-38(56)28(46)22-35(54)55)41(59)50-37(24(3)4)42(60)51-18-10-13-30(51)40(58)48-33(16-14-26-12-9-11-25(5)19-26)45-61-32-21-27-20-31(43(27,6)7)44(32,8)62-45/h9,11-12,19,23-24,27-33,36-37H,10,13-18,20-22,46H2,1-8H3,(H,47,56)(H,48,58)(H,49,57)(H,50,59)(H,52,53)(H,54,55)/t27-,28-,29-,30+,31-,32+,33-,36-,37-,44-/m0/s1. The number of hydrogen-bond donors (Lipinski definition) is 7. The molecule has 5 fully saturated rings. The van der Waals surface area contributed by atoms with Gasteiger partial charge in [0.1, 0.15) is 24.2 Å². The monoisotopic (exact) mass is 866 g/mol. The fourth-order valence-electron chi connectivity index (χ4n) is 9.94. The highest BCUT2D eigenvalue weighted by Gasteiger charge is 2.68. The van der Waals surface area contributed by atoms with Crippen LogP contribution < -0.4 is 27.0 Å². The third-order valence-electron chi connectivity index (χ3n) is 13.8. The van der Waals surface area contributed by atoms with Crippen LogP contribution in [0.5, 0.6) is 0 Å². The number of benzene rings is 1. The Balaban J connectivity index is 1.28. The van der Waals surface area contributed by atoms with Gasteiger partial charge in [-0.15, -0.1) is 0 Å². The first kappa shape index (κ1) is 48.5. The van der Waals surface area contributed by atoms with Crippen LogP contribution in [0.2, 0.25) is 0 Å². The van der Waals surface area contributed by atoms with E-state index in [-0.39, 0.29) is 30.4 Å². The molecule has 17 nitrogen and oxygen atoms in total. The number of amides is 5. The zero-order valence-electron chi connectivity index (χ0n) is 37.4. The van der Waals surface area contributed by atoms with E-state index in [0.29, 0.717) is 37.5 Å². The second kappa shape index (κ2) is 19.9. The van der Waals surface area contributed by atoms with Crippen molar-refractivity contribution in [2.24, 2.45) is 34.8 Å². The predicted octanol–water partition coefficient (Wildman–Crippen LogP) is 2.10. The first-order valence-corrected chi connectivity index (χ1v) is 22.1. The summed E-state index contributed by atoms with van der Waals surface area (Å²) in [6.07, 6.45) is 2.48. The van der Waals surface area contributed by atoms with E-state index in [0.717, 1.165) is 24.0 Å². The number of carboxylic acid groups (broad SMARTS) is 2. The molecule has 10 atom stereocenters. The Bertz CT molecular complexity index is 1860. The molecule has 3 aliphatic carbocycles. The number of nitrogens with zero attached hydrogens (tertiary/aromatic N) is 1. The molecule has 18 heteroatoms. The second-order valence-corrected chi connectivity index (χ2v) is 19.3. The van der Waals surface area contributed by atoms with Crippen LogP contribution in [0, 0.1) is 36.0 Å². The van der Waals surface area contributed by atoms with Crippen molar-refractivity contribution in [3.05, 3.63) is 35.4 Å². The van der Waals surface area contributed by atoms with E-state index >= 15 is 0 Å². The highest BCUT2D eigenvalue weighted by Crippen LogP contribution is 2.65. The minimum Gasteiger partial charge on any atom is -0.481 e. The molecular formula is C44H67BN6O11. The van der Waals surface area contributed by atoms with Gasteiger partial charge >= 0.3 is 19.1 Å². The lowest BCUT2D eigenvalue weighted by molar-refractivity contribution is -0.199. The Morgan fingerprint density at radius 2 is 1.56 bits per heavy atom. The number of likely N-dealkylation sites (tertiary alicyclic amines) is 1. The number of aryl methyl sites for hydroxylation is 2. The molecule has 6 rings (SSSR count). The van der Waals surface area contributed by atoms with Crippen molar-refractivity contribution < 1.29 is 53.1 Å². The van der Waals surface area contributed by atoms with Gasteiger partial charge in [-0.05, 0) is 93.4 Å². The van der Waals surface area contributed by atoms with E-state index in [4.69, 9.17) is 20.1 Å². The van der Waals surface area contributed by atoms with E-state index in [1.165, 1.54) is 4.90 Å². The Morgan fingerprint density at radius 3 is 2.18 bits per heavy atom. The van der Waals surface area contributed by atoms with Crippen LogP contribution in [0.4, 0.5) is 0 Å². The zero-order valence-corrected chi connectivity index (χ0v) is 37.4. The molecular weight excluding hydrogens is 799 g/mol. The van der Waals surface area contributed by atoms with Crippen LogP contribution in [-0.4, -0.2) is 118 Å². The number of aliphatic carboxylic acids is 2. The third kappa shape index (κ3) is 11.0. The number of carbonyl (C=O) groups excluding carboxylic acids is 5. The molecule has 2 heterocycles. The van der Waals surface area contributed by atoms with Gasteiger partial charge in [-0.3, -0.25) is 33.6 Å². The fourth-order valence-corrected chi connectivity index (χ4v) is 9.94. The molecule has 0 spiro atoms. The number of rotatable bonds is 20. The van der Waals surface area contributed by atoms with E-state index in [1.807, 2.05) is 19.1 Å². The third-order valence-corrected chi connectivity index (χ3v) is 13.8. The van der Waals surface area contributed by atoms with Crippen LogP contribution in [0.1, 0.15) is 111 Å². The zero-order chi connectivity index (χ0) is 45.8. The van der Waals surface area contributed by atoms with E-state index in [1.54, 1.807) is 27.7 Å². The predicted molar refractivity (Wildman–Crippen MR) is 229 cm³/mol. The normalized spacial score (nSPS) is 26.0. The Morgan fingerprint density at radius 1 is 0.887 bits per heavy atom. The molecule has 0 aromatic heterocycles. The molecule has 1 aromatic carbocycles. The van der Waals surface area contributed by atoms with Gasteiger partial charge in [-0.25, -0.2) is 0 Å². The average Bonchev–Trinajstić information content (AvgIpc) is 3.83. The van der Waals surface area contributed by atoms with E-state index in [2.05, 4.69) is 54.2 Å². The van der Waals surface area contributed by atoms with Gasteiger partial charge in [0.15, 0.2) is 0 Å². The van der Waals surface area contributed by atoms with Gasteiger partial charge in [-0.2, -0.15) is 0 Å². The number of nitrogens with one attached hydrogen (secondary N) is 4. The maximum absolute atomic E-state index is 14.4. The molecule has 62 heavy (non-hydrogen) atoms. The van der Waals surface area contributed by atoms with Crippen LogP contribution in [0.3, 0.4) is 0 Å². The first-order valence-electron chi connectivity index (χ1n) is 22.1. The summed E-state index contributed by atoms with van der Waals surface area (Å²) in [5.41, 5.74) is 7.58.